The van der Waals surface area contributed by atoms with Gasteiger partial charge in [0.15, 0.2) is 0 Å². The molecule has 0 bridgehead atoms. The second-order valence-electron chi connectivity index (χ2n) is 4.43. The first kappa shape index (κ1) is 12.8. The first-order valence-electron chi connectivity index (χ1n) is 5.48. The molecule has 2 rings (SSSR count). The summed E-state index contributed by atoms with van der Waals surface area (Å²) in [4.78, 5) is 11.4. The van der Waals surface area contributed by atoms with Gasteiger partial charge in [-0.05, 0) is 37.1 Å². The van der Waals surface area contributed by atoms with Gasteiger partial charge in [-0.15, -0.1) is 0 Å². The predicted octanol–water partition coefficient (Wildman–Crippen LogP) is 0.000700. The second kappa shape index (κ2) is 4.25. The molecule has 1 aliphatic heterocycles. The molecule has 6 nitrogen and oxygen atoms in total. The Morgan fingerprint density at radius 1 is 1.50 bits per heavy atom. The van der Waals surface area contributed by atoms with E-state index >= 15 is 0 Å². The van der Waals surface area contributed by atoms with E-state index in [-0.39, 0.29) is 11.9 Å². The van der Waals surface area contributed by atoms with Crippen LogP contribution in [0.4, 0.5) is 5.69 Å². The molecule has 0 saturated carbocycles. The molecular formula is C11H15N3O3S. The Hall–Kier alpha value is -1.60. The molecule has 3 N–H and O–H groups in total. The van der Waals surface area contributed by atoms with Crippen LogP contribution in [-0.4, -0.2) is 26.6 Å². The lowest BCUT2D eigenvalue weighted by Crippen LogP contribution is -2.34. The number of rotatable bonds is 2. The van der Waals surface area contributed by atoms with Gasteiger partial charge >= 0.3 is 0 Å². The molecule has 0 radical (unpaired) electrons. The van der Waals surface area contributed by atoms with Gasteiger partial charge in [0.2, 0.25) is 10.0 Å². The van der Waals surface area contributed by atoms with E-state index in [9.17, 15) is 13.2 Å². The standard InChI is InChI=1S/C11H15N3O3S/c1-7-5-9-6-8(11(15)13-12)3-4-10(9)14(7)18(2,16)17/h3-4,6-7H,5,12H2,1-2H3,(H,13,15)/t7-/m1/s1. The quantitative estimate of drug-likeness (QED) is 0.449. The van der Waals surface area contributed by atoms with E-state index in [1.807, 2.05) is 6.92 Å². The molecule has 0 fully saturated rings. The third-order valence-corrected chi connectivity index (χ3v) is 4.25. The molecular weight excluding hydrogens is 254 g/mol. The Morgan fingerprint density at radius 2 is 2.17 bits per heavy atom. The van der Waals surface area contributed by atoms with Gasteiger partial charge in [-0.25, -0.2) is 14.3 Å². The summed E-state index contributed by atoms with van der Waals surface area (Å²) in [5.74, 6) is 4.68. The molecule has 0 unspecified atom stereocenters. The van der Waals surface area contributed by atoms with Gasteiger partial charge in [-0.3, -0.25) is 14.5 Å². The van der Waals surface area contributed by atoms with Crippen molar-refractivity contribution < 1.29 is 13.2 Å². The van der Waals surface area contributed by atoms with Crippen molar-refractivity contribution in [2.45, 2.75) is 19.4 Å². The molecule has 18 heavy (non-hydrogen) atoms. The monoisotopic (exact) mass is 269 g/mol. The maximum absolute atomic E-state index is 11.7. The summed E-state index contributed by atoms with van der Waals surface area (Å²) in [7, 11) is -3.30. The Morgan fingerprint density at radius 3 is 2.72 bits per heavy atom. The summed E-state index contributed by atoms with van der Waals surface area (Å²) in [6, 6.07) is 4.76. The predicted molar refractivity (Wildman–Crippen MR) is 68.6 cm³/mol. The number of nitrogen functional groups attached to an aromatic ring is 1. The normalized spacial score (nSPS) is 18.6. The number of hydrazine groups is 1. The second-order valence-corrected chi connectivity index (χ2v) is 6.29. The maximum atomic E-state index is 11.7. The number of nitrogens with zero attached hydrogens (tertiary/aromatic N) is 1. The topological polar surface area (TPSA) is 92.5 Å². The highest BCUT2D eigenvalue weighted by Crippen LogP contribution is 2.34. The first-order valence-corrected chi connectivity index (χ1v) is 7.32. The smallest absolute Gasteiger partial charge is 0.265 e. The van der Waals surface area contributed by atoms with Crippen molar-refractivity contribution in [2.75, 3.05) is 10.6 Å². The average Bonchev–Trinajstić information content (AvgIpc) is 2.62. The van der Waals surface area contributed by atoms with Crippen LogP contribution in [-0.2, 0) is 16.4 Å². The lowest BCUT2D eigenvalue weighted by Gasteiger charge is -2.21. The van der Waals surface area contributed by atoms with Gasteiger partial charge in [0.1, 0.15) is 0 Å². The molecule has 7 heteroatoms. The van der Waals surface area contributed by atoms with E-state index in [1.165, 1.54) is 10.6 Å². The van der Waals surface area contributed by atoms with Crippen LogP contribution in [0.1, 0.15) is 22.8 Å². The van der Waals surface area contributed by atoms with Gasteiger partial charge in [0.05, 0.1) is 11.9 Å². The van der Waals surface area contributed by atoms with Crippen LogP contribution < -0.4 is 15.6 Å². The summed E-state index contributed by atoms with van der Waals surface area (Å²) < 4.78 is 24.8. The lowest BCUT2D eigenvalue weighted by molar-refractivity contribution is 0.0953. The third kappa shape index (κ3) is 2.06. The molecule has 0 aliphatic carbocycles. The van der Waals surface area contributed by atoms with Gasteiger partial charge in [0.25, 0.3) is 5.91 Å². The zero-order valence-corrected chi connectivity index (χ0v) is 11.0. The van der Waals surface area contributed by atoms with Crippen molar-refractivity contribution >= 4 is 21.6 Å². The minimum absolute atomic E-state index is 0.133. The third-order valence-electron chi connectivity index (χ3n) is 2.98. The molecule has 0 spiro atoms. The van der Waals surface area contributed by atoms with Crippen molar-refractivity contribution in [3.05, 3.63) is 29.3 Å². The minimum Gasteiger partial charge on any atom is -0.290 e. The summed E-state index contributed by atoms with van der Waals surface area (Å²) in [5, 5.41) is 0. The van der Waals surface area contributed by atoms with Crippen LogP contribution in [0.15, 0.2) is 18.2 Å². The number of nitrogens with two attached hydrogens (primary N) is 1. The fraction of sp³-hybridized carbons (Fsp3) is 0.364. The van der Waals surface area contributed by atoms with Crippen molar-refractivity contribution in [3.8, 4) is 0 Å². The number of fused-ring (bicyclic) bond motifs is 1. The summed E-state index contributed by atoms with van der Waals surface area (Å²) in [5.41, 5.74) is 3.96. The number of anilines is 1. The van der Waals surface area contributed by atoms with E-state index in [1.54, 1.807) is 18.2 Å². The number of benzene rings is 1. The molecule has 1 amide bonds. The Kier molecular flexibility index (Phi) is 3.04. The molecule has 98 valence electrons. The number of nitrogens with one attached hydrogen (secondary N) is 1. The Balaban J connectivity index is 2.48. The molecule has 1 heterocycles. The average molecular weight is 269 g/mol. The SMILES string of the molecule is C[C@@H]1Cc2cc(C(=O)NN)ccc2N1S(C)(=O)=O. The number of carbonyl (C=O) groups excluding carboxylic acids is 1. The Labute approximate surface area is 106 Å². The fourth-order valence-electron chi connectivity index (χ4n) is 2.33. The Bertz CT molecular complexity index is 598. The number of amides is 1. The van der Waals surface area contributed by atoms with Gasteiger partial charge in [0, 0.05) is 11.6 Å². The van der Waals surface area contributed by atoms with Crippen molar-refractivity contribution in [1.82, 2.24) is 5.43 Å². The molecule has 0 aromatic heterocycles. The van der Waals surface area contributed by atoms with Crippen LogP contribution >= 0.6 is 0 Å². The molecule has 1 aromatic rings. The molecule has 1 atom stereocenters. The molecule has 0 saturated heterocycles. The van der Waals surface area contributed by atoms with Crippen LogP contribution in [0.2, 0.25) is 0 Å². The minimum atomic E-state index is -3.30. The number of hydrogen-bond acceptors (Lipinski definition) is 4. The van der Waals surface area contributed by atoms with E-state index in [4.69, 9.17) is 5.84 Å². The van der Waals surface area contributed by atoms with Crippen LogP contribution in [0.5, 0.6) is 0 Å². The molecule has 1 aliphatic rings. The maximum Gasteiger partial charge on any atom is 0.265 e. The number of carbonyl (C=O) groups is 1. The van der Waals surface area contributed by atoms with Gasteiger partial charge < -0.3 is 0 Å². The highest BCUT2D eigenvalue weighted by atomic mass is 32.2. The number of sulfonamides is 1. The zero-order valence-electron chi connectivity index (χ0n) is 10.2. The van der Waals surface area contributed by atoms with Crippen LogP contribution in [0.25, 0.3) is 0 Å². The van der Waals surface area contributed by atoms with E-state index in [2.05, 4.69) is 5.43 Å². The van der Waals surface area contributed by atoms with E-state index < -0.39 is 10.0 Å². The first-order chi connectivity index (χ1) is 8.34. The van der Waals surface area contributed by atoms with Gasteiger partial charge in [-0.2, -0.15) is 0 Å². The highest BCUT2D eigenvalue weighted by molar-refractivity contribution is 7.92. The lowest BCUT2D eigenvalue weighted by atomic mass is 10.1. The highest BCUT2D eigenvalue weighted by Gasteiger charge is 2.32. The summed E-state index contributed by atoms with van der Waals surface area (Å²) in [6.07, 6.45) is 1.77. The van der Waals surface area contributed by atoms with Crippen LogP contribution in [0, 0.1) is 0 Å². The number of hydrogen-bond donors (Lipinski definition) is 2. The van der Waals surface area contributed by atoms with E-state index in [0.717, 1.165) is 5.56 Å². The summed E-state index contributed by atoms with van der Waals surface area (Å²) in [6.45, 7) is 1.84. The largest absolute Gasteiger partial charge is 0.290 e. The van der Waals surface area contributed by atoms with Crippen molar-refractivity contribution in [2.24, 2.45) is 5.84 Å². The fourth-order valence-corrected chi connectivity index (χ4v) is 3.60. The zero-order chi connectivity index (χ0) is 13.5. The molecule has 1 aromatic carbocycles. The van der Waals surface area contributed by atoms with Crippen LogP contribution in [0.3, 0.4) is 0 Å². The van der Waals surface area contributed by atoms with Gasteiger partial charge in [-0.1, -0.05) is 0 Å². The van der Waals surface area contributed by atoms with Crippen molar-refractivity contribution in [3.63, 3.8) is 0 Å². The van der Waals surface area contributed by atoms with Crippen molar-refractivity contribution in [1.29, 1.82) is 0 Å². The summed E-state index contributed by atoms with van der Waals surface area (Å²) >= 11 is 0. The van der Waals surface area contributed by atoms with E-state index in [0.29, 0.717) is 17.7 Å².